The number of nitrogens with zero attached hydrogens (tertiary/aromatic N) is 2. The summed E-state index contributed by atoms with van der Waals surface area (Å²) >= 11 is 0. The van der Waals surface area contributed by atoms with E-state index in [1.165, 1.54) is 0 Å². The number of carbonyl (C=O) groups is 1. The maximum Gasteiger partial charge on any atom is 0.258 e. The lowest BCUT2D eigenvalue weighted by atomic mass is 10.0. The molecule has 1 fully saturated rings. The second-order valence-electron chi connectivity index (χ2n) is 4.96. The lowest BCUT2D eigenvalue weighted by Crippen LogP contribution is -2.47. The Labute approximate surface area is 111 Å². The number of furan rings is 2. The zero-order valence-corrected chi connectivity index (χ0v) is 10.8. The SMILES string of the molecule is C=C(O)c1c(C(=O)N2CCN(C)CC2)c2ccc1o2. The standard InChI is InChI=1S/C14H16N2O3/c1-9(17)12-10-3-4-11(19-10)13(12)14(18)16-7-5-15(2)6-8-16/h3-4,17H,1,5-8H2,2H3. The molecule has 3 heterocycles. The summed E-state index contributed by atoms with van der Waals surface area (Å²) in [5.41, 5.74) is 1.90. The molecule has 1 saturated heterocycles. The fourth-order valence-electron chi connectivity index (χ4n) is 2.52. The van der Waals surface area contributed by atoms with Gasteiger partial charge in [0.25, 0.3) is 5.91 Å². The highest BCUT2D eigenvalue weighted by Gasteiger charge is 2.29. The predicted molar refractivity (Wildman–Crippen MR) is 72.5 cm³/mol. The second-order valence-corrected chi connectivity index (χ2v) is 4.96. The Balaban J connectivity index is 1.94. The average molecular weight is 260 g/mol. The van der Waals surface area contributed by atoms with Crippen molar-refractivity contribution in [3.63, 3.8) is 0 Å². The molecule has 0 spiro atoms. The molecular formula is C14H16N2O3. The highest BCUT2D eigenvalue weighted by atomic mass is 16.3. The first kappa shape index (κ1) is 12.0. The Morgan fingerprint density at radius 1 is 1.21 bits per heavy atom. The summed E-state index contributed by atoms with van der Waals surface area (Å²) in [7, 11) is 2.04. The first-order valence-electron chi connectivity index (χ1n) is 6.29. The van der Waals surface area contributed by atoms with Gasteiger partial charge in [-0.2, -0.15) is 0 Å². The Morgan fingerprint density at radius 3 is 2.37 bits per heavy atom. The molecule has 1 N–H and O–H groups in total. The van der Waals surface area contributed by atoms with E-state index in [4.69, 9.17) is 4.42 Å². The minimum absolute atomic E-state index is 0.0901. The van der Waals surface area contributed by atoms with Gasteiger partial charge >= 0.3 is 0 Å². The quantitative estimate of drug-likeness (QED) is 0.836. The lowest BCUT2D eigenvalue weighted by Gasteiger charge is -2.32. The van der Waals surface area contributed by atoms with Crippen LogP contribution in [0, 0.1) is 0 Å². The molecule has 2 bridgehead atoms. The molecule has 0 aliphatic carbocycles. The smallest absolute Gasteiger partial charge is 0.258 e. The minimum atomic E-state index is -0.119. The average Bonchev–Trinajstić information content (AvgIpc) is 2.98. The molecule has 0 radical (unpaired) electrons. The fraction of sp³-hybridized carbons (Fsp3) is 0.357. The van der Waals surface area contributed by atoms with Crippen molar-refractivity contribution in [3.05, 3.63) is 29.8 Å². The van der Waals surface area contributed by atoms with Crippen LogP contribution in [0.5, 0.6) is 0 Å². The van der Waals surface area contributed by atoms with Crippen LogP contribution in [0.15, 0.2) is 23.1 Å². The van der Waals surface area contributed by atoms with Crippen molar-refractivity contribution in [2.45, 2.75) is 0 Å². The number of amides is 1. The van der Waals surface area contributed by atoms with Gasteiger partial charge in [-0.25, -0.2) is 0 Å². The molecule has 2 aromatic heterocycles. The normalized spacial score (nSPS) is 17.2. The minimum Gasteiger partial charge on any atom is -0.508 e. The van der Waals surface area contributed by atoms with Crippen LogP contribution in [0.1, 0.15) is 15.9 Å². The maximum absolute atomic E-state index is 12.6. The number of aliphatic hydroxyl groups excluding tert-OH is 1. The van der Waals surface area contributed by atoms with Crippen LogP contribution in [0.3, 0.4) is 0 Å². The van der Waals surface area contributed by atoms with E-state index in [1.54, 1.807) is 17.0 Å². The van der Waals surface area contributed by atoms with Crippen molar-refractivity contribution >= 4 is 22.8 Å². The van der Waals surface area contributed by atoms with Crippen molar-refractivity contribution in [2.24, 2.45) is 0 Å². The number of rotatable bonds is 2. The summed E-state index contributed by atoms with van der Waals surface area (Å²) in [6.07, 6.45) is 0. The van der Waals surface area contributed by atoms with E-state index in [-0.39, 0.29) is 11.7 Å². The summed E-state index contributed by atoms with van der Waals surface area (Å²) in [6, 6.07) is 3.50. The third-order valence-electron chi connectivity index (χ3n) is 3.64. The number of hydrogen-bond acceptors (Lipinski definition) is 4. The maximum atomic E-state index is 12.6. The summed E-state index contributed by atoms with van der Waals surface area (Å²) in [5.74, 6) is -0.209. The summed E-state index contributed by atoms with van der Waals surface area (Å²) in [6.45, 7) is 6.61. The van der Waals surface area contributed by atoms with E-state index in [1.807, 2.05) is 7.05 Å². The molecular weight excluding hydrogens is 244 g/mol. The summed E-state index contributed by atoms with van der Waals surface area (Å²) < 4.78 is 5.46. The van der Waals surface area contributed by atoms with Crippen LogP contribution in [-0.4, -0.2) is 54.0 Å². The van der Waals surface area contributed by atoms with Gasteiger partial charge in [-0.1, -0.05) is 6.58 Å². The summed E-state index contributed by atoms with van der Waals surface area (Å²) in [4.78, 5) is 16.5. The zero-order valence-electron chi connectivity index (χ0n) is 10.8. The number of benzene rings is 1. The van der Waals surface area contributed by atoms with Crippen LogP contribution in [-0.2, 0) is 0 Å². The van der Waals surface area contributed by atoms with Crippen molar-refractivity contribution in [3.8, 4) is 0 Å². The number of likely N-dealkylation sites (N-methyl/N-ethyl adjacent to an activating group) is 1. The molecule has 0 unspecified atom stereocenters. The highest BCUT2D eigenvalue weighted by molar-refractivity contribution is 6.08. The van der Waals surface area contributed by atoms with Crippen LogP contribution >= 0.6 is 0 Å². The van der Waals surface area contributed by atoms with Gasteiger partial charge in [0.05, 0.1) is 11.1 Å². The molecule has 3 rings (SSSR count). The van der Waals surface area contributed by atoms with E-state index >= 15 is 0 Å². The number of carbonyl (C=O) groups excluding carboxylic acids is 1. The van der Waals surface area contributed by atoms with Crippen LogP contribution in [0.4, 0.5) is 0 Å². The van der Waals surface area contributed by atoms with Crippen molar-refractivity contribution < 1.29 is 14.3 Å². The Kier molecular flexibility index (Phi) is 2.71. The van der Waals surface area contributed by atoms with E-state index < -0.39 is 0 Å². The molecule has 1 aliphatic heterocycles. The number of aliphatic hydroxyl groups is 1. The van der Waals surface area contributed by atoms with Gasteiger partial charge in [-0.05, 0) is 19.2 Å². The van der Waals surface area contributed by atoms with Crippen LogP contribution < -0.4 is 0 Å². The molecule has 5 nitrogen and oxygen atoms in total. The van der Waals surface area contributed by atoms with Gasteiger partial charge in [0.2, 0.25) is 0 Å². The van der Waals surface area contributed by atoms with Crippen molar-refractivity contribution in [1.82, 2.24) is 9.80 Å². The van der Waals surface area contributed by atoms with Gasteiger partial charge in [-0.15, -0.1) is 0 Å². The van der Waals surface area contributed by atoms with Gasteiger partial charge in [0.1, 0.15) is 16.9 Å². The van der Waals surface area contributed by atoms with Gasteiger partial charge in [0, 0.05) is 26.2 Å². The number of piperazine rings is 1. The molecule has 5 heteroatoms. The Bertz CT molecular complexity index is 623. The fourth-order valence-corrected chi connectivity index (χ4v) is 2.52. The van der Waals surface area contributed by atoms with E-state index in [0.717, 1.165) is 13.1 Å². The molecule has 1 amide bonds. The summed E-state index contributed by atoms with van der Waals surface area (Å²) in [5, 5.41) is 9.65. The van der Waals surface area contributed by atoms with Gasteiger partial charge in [0.15, 0.2) is 0 Å². The zero-order chi connectivity index (χ0) is 13.6. The first-order valence-corrected chi connectivity index (χ1v) is 6.29. The van der Waals surface area contributed by atoms with Crippen LogP contribution in [0.2, 0.25) is 0 Å². The second kappa shape index (κ2) is 4.28. The van der Waals surface area contributed by atoms with Gasteiger partial charge in [-0.3, -0.25) is 4.79 Å². The topological polar surface area (TPSA) is 56.9 Å². The Morgan fingerprint density at radius 2 is 1.79 bits per heavy atom. The third kappa shape index (κ3) is 1.86. The molecule has 0 saturated carbocycles. The molecule has 100 valence electrons. The van der Waals surface area contributed by atoms with E-state index in [2.05, 4.69) is 11.5 Å². The monoisotopic (exact) mass is 260 g/mol. The lowest BCUT2D eigenvalue weighted by molar-refractivity contribution is 0.0665. The van der Waals surface area contributed by atoms with Crippen LogP contribution in [0.25, 0.3) is 16.9 Å². The van der Waals surface area contributed by atoms with E-state index in [9.17, 15) is 9.90 Å². The largest absolute Gasteiger partial charge is 0.508 e. The molecule has 0 atom stereocenters. The third-order valence-corrected chi connectivity index (χ3v) is 3.64. The highest BCUT2D eigenvalue weighted by Crippen LogP contribution is 2.33. The Hall–Kier alpha value is -2.01. The molecule has 19 heavy (non-hydrogen) atoms. The number of hydrogen-bond donors (Lipinski definition) is 1. The van der Waals surface area contributed by atoms with Crippen molar-refractivity contribution in [1.29, 1.82) is 0 Å². The number of fused-ring (bicyclic) bond motifs is 2. The molecule has 0 aromatic carbocycles. The van der Waals surface area contributed by atoms with Gasteiger partial charge < -0.3 is 19.3 Å². The molecule has 1 aliphatic rings. The van der Waals surface area contributed by atoms with E-state index in [0.29, 0.717) is 35.4 Å². The predicted octanol–water partition coefficient (Wildman–Crippen LogP) is 1.79. The first-order chi connectivity index (χ1) is 9.08. The molecule has 2 aromatic rings. The van der Waals surface area contributed by atoms with Crippen molar-refractivity contribution in [2.75, 3.05) is 33.2 Å².